The van der Waals surface area contributed by atoms with Gasteiger partial charge < -0.3 is 14.1 Å². The van der Waals surface area contributed by atoms with Gasteiger partial charge >= 0.3 is 5.97 Å². The number of esters is 1. The van der Waals surface area contributed by atoms with Crippen molar-refractivity contribution in [3.63, 3.8) is 0 Å². The van der Waals surface area contributed by atoms with Gasteiger partial charge in [-0.2, -0.15) is 0 Å². The summed E-state index contributed by atoms with van der Waals surface area (Å²) in [5.41, 5.74) is 2.07. The maximum atomic E-state index is 12.5. The van der Waals surface area contributed by atoms with Crippen molar-refractivity contribution in [3.8, 4) is 0 Å². The fraction of sp³-hybridized carbons (Fsp3) is 0.350. The summed E-state index contributed by atoms with van der Waals surface area (Å²) in [5.74, 6) is -0.285. The first kappa shape index (κ1) is 19.3. The molecule has 1 heterocycles. The molecule has 0 aliphatic heterocycles. The lowest BCUT2D eigenvalue weighted by Gasteiger charge is -2.17. The van der Waals surface area contributed by atoms with Crippen molar-refractivity contribution in [2.45, 2.75) is 20.3 Å². The number of hydrogen-bond acceptors (Lipinski definition) is 4. The van der Waals surface area contributed by atoms with Crippen molar-refractivity contribution in [3.05, 3.63) is 48.0 Å². The van der Waals surface area contributed by atoms with Crippen LogP contribution in [0.25, 0.3) is 21.9 Å². The fourth-order valence-corrected chi connectivity index (χ4v) is 3.02. The molecule has 25 heavy (non-hydrogen) atoms. The van der Waals surface area contributed by atoms with E-state index < -0.39 is 0 Å². The highest BCUT2D eigenvalue weighted by Crippen LogP contribution is 2.31. The smallest absolute Gasteiger partial charge is 0.338 e. The molecule has 0 saturated carbocycles. The zero-order valence-corrected chi connectivity index (χ0v) is 15.5. The van der Waals surface area contributed by atoms with Gasteiger partial charge in [-0.05, 0) is 37.7 Å². The number of ether oxygens (including phenoxy) is 1. The maximum absolute atomic E-state index is 12.5. The number of hydrogen-bond donors (Lipinski definition) is 0. The van der Waals surface area contributed by atoms with E-state index in [9.17, 15) is 4.79 Å². The molecule has 5 heteroatoms. The summed E-state index contributed by atoms with van der Waals surface area (Å²) < 4.78 is 11.3. The van der Waals surface area contributed by atoms with Gasteiger partial charge in [-0.3, -0.25) is 0 Å². The molecule has 0 amide bonds. The van der Waals surface area contributed by atoms with Crippen molar-refractivity contribution in [1.29, 1.82) is 0 Å². The maximum Gasteiger partial charge on any atom is 0.338 e. The quantitative estimate of drug-likeness (QED) is 0.443. The molecular weight excluding hydrogens is 338 g/mol. The first-order valence-electron chi connectivity index (χ1n) is 8.54. The lowest BCUT2D eigenvalue weighted by Crippen LogP contribution is -2.25. The monoisotopic (exact) mass is 361 g/mol. The number of nitrogens with zero attached hydrogens (tertiary/aromatic N) is 1. The Morgan fingerprint density at radius 3 is 2.52 bits per heavy atom. The molecule has 0 spiro atoms. The van der Waals surface area contributed by atoms with E-state index in [1.54, 1.807) is 6.07 Å². The van der Waals surface area contributed by atoms with Crippen LogP contribution in [0, 0.1) is 0 Å². The number of carbonyl (C=O) groups excluding carboxylic acids is 1. The molecule has 3 rings (SSSR count). The van der Waals surface area contributed by atoms with Crippen LogP contribution in [0.3, 0.4) is 0 Å². The zero-order chi connectivity index (χ0) is 16.9. The number of carbonyl (C=O) groups is 1. The average Bonchev–Trinajstić information content (AvgIpc) is 3.00. The molecule has 0 aliphatic rings. The van der Waals surface area contributed by atoms with Crippen LogP contribution in [-0.2, 0) is 4.74 Å². The predicted molar refractivity (Wildman–Crippen MR) is 104 cm³/mol. The Bertz CT molecular complexity index is 839. The third kappa shape index (κ3) is 4.14. The summed E-state index contributed by atoms with van der Waals surface area (Å²) >= 11 is 0. The molecule has 0 atom stereocenters. The molecule has 0 aliphatic carbocycles. The third-order valence-corrected chi connectivity index (χ3v) is 4.37. The van der Waals surface area contributed by atoms with Gasteiger partial charge in [0, 0.05) is 17.3 Å². The highest BCUT2D eigenvalue weighted by molar-refractivity contribution is 6.15. The molecule has 0 N–H and O–H groups in total. The zero-order valence-electron chi connectivity index (χ0n) is 14.7. The molecule has 0 unspecified atom stereocenters. The first-order valence-corrected chi connectivity index (χ1v) is 8.54. The van der Waals surface area contributed by atoms with Crippen LogP contribution in [0.15, 0.2) is 46.9 Å². The van der Waals surface area contributed by atoms with Gasteiger partial charge in [0.15, 0.2) is 0 Å². The van der Waals surface area contributed by atoms with E-state index in [0.717, 1.165) is 42.4 Å². The van der Waals surface area contributed by atoms with E-state index in [-0.39, 0.29) is 18.4 Å². The van der Waals surface area contributed by atoms with Gasteiger partial charge in [-0.25, -0.2) is 4.79 Å². The summed E-state index contributed by atoms with van der Waals surface area (Å²) in [5, 5.41) is 1.78. The fourth-order valence-electron chi connectivity index (χ4n) is 3.02. The van der Waals surface area contributed by atoms with Crippen molar-refractivity contribution >= 4 is 40.3 Å². The lowest BCUT2D eigenvalue weighted by atomic mass is 10.1. The number of fused-ring (bicyclic) bond motifs is 3. The Balaban J connectivity index is 0.00000225. The van der Waals surface area contributed by atoms with Crippen LogP contribution in [0.1, 0.15) is 30.6 Å². The first-order chi connectivity index (χ1) is 11.7. The molecule has 3 aromatic rings. The Morgan fingerprint density at radius 2 is 1.76 bits per heavy atom. The second-order valence-corrected chi connectivity index (χ2v) is 5.79. The van der Waals surface area contributed by atoms with Crippen molar-refractivity contribution in [2.24, 2.45) is 0 Å². The van der Waals surface area contributed by atoms with Crippen molar-refractivity contribution < 1.29 is 13.9 Å². The molecule has 0 bridgehead atoms. The van der Waals surface area contributed by atoms with Gasteiger partial charge in [-0.15, -0.1) is 12.4 Å². The van der Waals surface area contributed by atoms with E-state index >= 15 is 0 Å². The van der Waals surface area contributed by atoms with E-state index in [1.165, 1.54) is 0 Å². The molecule has 2 aromatic carbocycles. The van der Waals surface area contributed by atoms with Gasteiger partial charge in [0.1, 0.15) is 11.2 Å². The number of furan rings is 1. The highest BCUT2D eigenvalue weighted by atomic mass is 35.5. The van der Waals surface area contributed by atoms with Gasteiger partial charge in [-0.1, -0.05) is 38.1 Å². The predicted octanol–water partition coefficient (Wildman–Crippen LogP) is 4.90. The SMILES string of the molecule is CCN(CC)CCCOC(=O)c1cccc2oc3ccccc3c12.Cl. The summed E-state index contributed by atoms with van der Waals surface area (Å²) in [6.45, 7) is 7.69. The van der Waals surface area contributed by atoms with Crippen LogP contribution in [0.5, 0.6) is 0 Å². The Hall–Kier alpha value is -2.04. The van der Waals surface area contributed by atoms with Crippen LogP contribution in [0.2, 0.25) is 0 Å². The summed E-state index contributed by atoms with van der Waals surface area (Å²) in [6, 6.07) is 13.3. The minimum atomic E-state index is -0.285. The summed E-state index contributed by atoms with van der Waals surface area (Å²) in [4.78, 5) is 14.8. The lowest BCUT2D eigenvalue weighted by molar-refractivity contribution is 0.0492. The third-order valence-electron chi connectivity index (χ3n) is 4.37. The molecular formula is C20H24ClNO3. The van der Waals surface area contributed by atoms with E-state index in [1.807, 2.05) is 36.4 Å². The highest BCUT2D eigenvalue weighted by Gasteiger charge is 2.16. The summed E-state index contributed by atoms with van der Waals surface area (Å²) in [6.07, 6.45) is 0.843. The van der Waals surface area contributed by atoms with E-state index in [2.05, 4.69) is 18.7 Å². The Morgan fingerprint density at radius 1 is 1.04 bits per heavy atom. The van der Waals surface area contributed by atoms with Crippen molar-refractivity contribution in [1.82, 2.24) is 4.90 Å². The van der Waals surface area contributed by atoms with Crippen LogP contribution in [-0.4, -0.2) is 37.1 Å². The molecule has 0 radical (unpaired) electrons. The average molecular weight is 362 g/mol. The van der Waals surface area contributed by atoms with Crippen LogP contribution >= 0.6 is 12.4 Å². The second kappa shape index (κ2) is 8.88. The largest absolute Gasteiger partial charge is 0.462 e. The van der Waals surface area contributed by atoms with E-state index in [0.29, 0.717) is 17.8 Å². The van der Waals surface area contributed by atoms with Crippen molar-refractivity contribution in [2.75, 3.05) is 26.2 Å². The summed E-state index contributed by atoms with van der Waals surface area (Å²) in [7, 11) is 0. The standard InChI is InChI=1S/C20H23NO3.ClH/c1-3-21(4-2)13-8-14-23-20(22)16-10-7-12-18-19(16)15-9-5-6-11-17(15)24-18;/h5-7,9-12H,3-4,8,13-14H2,1-2H3;1H. The van der Waals surface area contributed by atoms with Crippen LogP contribution < -0.4 is 0 Å². The van der Waals surface area contributed by atoms with Gasteiger partial charge in [0.2, 0.25) is 0 Å². The minimum absolute atomic E-state index is 0. The number of rotatable bonds is 7. The van der Waals surface area contributed by atoms with Crippen LogP contribution in [0.4, 0.5) is 0 Å². The van der Waals surface area contributed by atoms with E-state index in [4.69, 9.17) is 9.15 Å². The molecule has 134 valence electrons. The minimum Gasteiger partial charge on any atom is -0.462 e. The second-order valence-electron chi connectivity index (χ2n) is 5.79. The topological polar surface area (TPSA) is 42.7 Å². The van der Waals surface area contributed by atoms with Gasteiger partial charge in [0.05, 0.1) is 12.2 Å². The molecule has 4 nitrogen and oxygen atoms in total. The molecule has 0 saturated heterocycles. The Kier molecular flexibility index (Phi) is 6.85. The number of para-hydroxylation sites is 1. The van der Waals surface area contributed by atoms with Gasteiger partial charge in [0.25, 0.3) is 0 Å². The normalized spacial score (nSPS) is 11.0. The number of halogens is 1. The molecule has 1 aromatic heterocycles. The molecule has 0 fully saturated rings. The Labute approximate surface area is 154 Å². The number of benzene rings is 2.